The number of aromatic nitrogens is 1. The van der Waals surface area contributed by atoms with Gasteiger partial charge in [-0.2, -0.15) is 0 Å². The number of hydrogen-bond acceptors (Lipinski definition) is 6. The van der Waals surface area contributed by atoms with Gasteiger partial charge in [0, 0.05) is 12.1 Å². The molecule has 1 aliphatic rings. The molecular weight excluding hydrogens is 340 g/mol. The van der Waals surface area contributed by atoms with Gasteiger partial charge in [0.25, 0.3) is 5.91 Å². The highest BCUT2D eigenvalue weighted by atomic mass is 16.5. The monoisotopic (exact) mass is 360 g/mol. The van der Waals surface area contributed by atoms with Gasteiger partial charge < -0.3 is 24.0 Å². The highest BCUT2D eigenvalue weighted by Gasteiger charge is 2.29. The number of carbonyl (C=O) groups is 2. The van der Waals surface area contributed by atoms with Crippen LogP contribution in [0.1, 0.15) is 27.4 Å². The lowest BCUT2D eigenvalue weighted by atomic mass is 10.1. The predicted octanol–water partition coefficient (Wildman–Crippen LogP) is 1.80. The van der Waals surface area contributed by atoms with Crippen LogP contribution in [0.5, 0.6) is 5.75 Å². The first-order chi connectivity index (χ1) is 12.5. The summed E-state index contributed by atoms with van der Waals surface area (Å²) in [6, 6.07) is 6.81. The average Bonchev–Trinajstić information content (AvgIpc) is 2.97. The van der Waals surface area contributed by atoms with Gasteiger partial charge in [-0.05, 0) is 32.0 Å². The molecule has 0 bridgehead atoms. The predicted molar refractivity (Wildman–Crippen MR) is 90.0 cm³/mol. The van der Waals surface area contributed by atoms with Crippen molar-refractivity contribution in [1.82, 2.24) is 10.1 Å². The van der Waals surface area contributed by atoms with Crippen molar-refractivity contribution in [3.8, 4) is 5.75 Å². The second-order valence-corrected chi connectivity index (χ2v) is 6.07. The summed E-state index contributed by atoms with van der Waals surface area (Å²) in [4.78, 5) is 25.2. The standard InChI is InChI=1S/C18H20N2O6/c1-11-15(12(2)26-19-11)10-25-14-5-3-4-13(8-14)17(21)20-6-7-24-16(9-20)18(22)23/h3-5,8,16H,6-7,9-10H2,1-2H3,(H,22,23). The Morgan fingerprint density at radius 1 is 1.38 bits per heavy atom. The number of nitrogens with zero attached hydrogens (tertiary/aromatic N) is 2. The fourth-order valence-electron chi connectivity index (χ4n) is 2.75. The Morgan fingerprint density at radius 2 is 2.19 bits per heavy atom. The maximum absolute atomic E-state index is 12.7. The molecule has 138 valence electrons. The number of carbonyl (C=O) groups excluding carboxylic acids is 1. The Kier molecular flexibility index (Phi) is 5.22. The Hall–Kier alpha value is -2.87. The number of benzene rings is 1. The lowest BCUT2D eigenvalue weighted by Gasteiger charge is -2.31. The molecule has 0 radical (unpaired) electrons. The van der Waals surface area contributed by atoms with E-state index < -0.39 is 12.1 Å². The van der Waals surface area contributed by atoms with Crippen LogP contribution < -0.4 is 4.74 Å². The fraction of sp³-hybridized carbons (Fsp3) is 0.389. The van der Waals surface area contributed by atoms with E-state index >= 15 is 0 Å². The molecule has 8 heteroatoms. The molecule has 1 fully saturated rings. The Labute approximate surface area is 150 Å². The average molecular weight is 360 g/mol. The van der Waals surface area contributed by atoms with E-state index in [9.17, 15) is 9.59 Å². The Balaban J connectivity index is 1.68. The summed E-state index contributed by atoms with van der Waals surface area (Å²) in [6.07, 6.45) is -0.994. The molecule has 26 heavy (non-hydrogen) atoms. The molecule has 1 N–H and O–H groups in total. The lowest BCUT2D eigenvalue weighted by molar-refractivity contribution is -0.154. The quantitative estimate of drug-likeness (QED) is 0.867. The van der Waals surface area contributed by atoms with E-state index in [1.165, 1.54) is 4.90 Å². The molecule has 1 amide bonds. The SMILES string of the molecule is Cc1noc(C)c1COc1cccc(C(=O)N2CCOC(C(=O)O)C2)c1. The summed E-state index contributed by atoms with van der Waals surface area (Å²) in [5.74, 6) is -0.0805. The second kappa shape index (κ2) is 7.57. The number of aliphatic carboxylic acids is 1. The summed E-state index contributed by atoms with van der Waals surface area (Å²) < 4.78 is 16.0. The van der Waals surface area contributed by atoms with E-state index in [0.29, 0.717) is 23.6 Å². The molecule has 2 heterocycles. The third-order valence-corrected chi connectivity index (χ3v) is 4.27. The number of carboxylic acid groups (broad SMARTS) is 1. The van der Waals surface area contributed by atoms with Crippen LogP contribution in [0.3, 0.4) is 0 Å². The van der Waals surface area contributed by atoms with Gasteiger partial charge in [0.2, 0.25) is 0 Å². The first-order valence-electron chi connectivity index (χ1n) is 8.24. The van der Waals surface area contributed by atoms with Crippen molar-refractivity contribution >= 4 is 11.9 Å². The number of ether oxygens (including phenoxy) is 2. The van der Waals surface area contributed by atoms with Gasteiger partial charge in [0.05, 0.1) is 24.4 Å². The minimum absolute atomic E-state index is 0.0261. The largest absolute Gasteiger partial charge is 0.489 e. The van der Waals surface area contributed by atoms with Crippen molar-refractivity contribution in [3.63, 3.8) is 0 Å². The molecule has 3 rings (SSSR count). The molecule has 1 saturated heterocycles. The zero-order chi connectivity index (χ0) is 18.7. The van der Waals surface area contributed by atoms with Crippen LogP contribution in [0.25, 0.3) is 0 Å². The molecule has 1 unspecified atom stereocenters. The summed E-state index contributed by atoms with van der Waals surface area (Å²) in [5.41, 5.74) is 2.08. The zero-order valence-corrected chi connectivity index (χ0v) is 14.6. The number of rotatable bonds is 5. The maximum Gasteiger partial charge on any atom is 0.334 e. The van der Waals surface area contributed by atoms with Crippen molar-refractivity contribution < 1.29 is 28.7 Å². The van der Waals surface area contributed by atoms with Gasteiger partial charge in [-0.15, -0.1) is 0 Å². The molecule has 2 aromatic rings. The van der Waals surface area contributed by atoms with Gasteiger partial charge in [-0.3, -0.25) is 4.79 Å². The maximum atomic E-state index is 12.7. The fourth-order valence-corrected chi connectivity index (χ4v) is 2.75. The smallest absolute Gasteiger partial charge is 0.334 e. The molecule has 0 aliphatic carbocycles. The second-order valence-electron chi connectivity index (χ2n) is 6.07. The summed E-state index contributed by atoms with van der Waals surface area (Å²) in [6.45, 7) is 4.52. The van der Waals surface area contributed by atoms with Gasteiger partial charge in [0.15, 0.2) is 6.10 Å². The van der Waals surface area contributed by atoms with Gasteiger partial charge in [-0.25, -0.2) is 4.79 Å². The molecular formula is C18H20N2O6. The summed E-state index contributed by atoms with van der Waals surface area (Å²) in [7, 11) is 0. The lowest BCUT2D eigenvalue weighted by Crippen LogP contribution is -2.48. The van der Waals surface area contributed by atoms with E-state index in [0.717, 1.165) is 11.3 Å². The van der Waals surface area contributed by atoms with E-state index in [1.807, 2.05) is 13.8 Å². The topological polar surface area (TPSA) is 102 Å². The van der Waals surface area contributed by atoms with E-state index in [1.54, 1.807) is 24.3 Å². The van der Waals surface area contributed by atoms with Crippen LogP contribution >= 0.6 is 0 Å². The van der Waals surface area contributed by atoms with Crippen LogP contribution in [0.2, 0.25) is 0 Å². The molecule has 1 aromatic heterocycles. The van der Waals surface area contributed by atoms with Crippen LogP contribution in [0.4, 0.5) is 0 Å². The number of carboxylic acids is 1. The van der Waals surface area contributed by atoms with Crippen molar-refractivity contribution in [1.29, 1.82) is 0 Å². The van der Waals surface area contributed by atoms with Gasteiger partial charge in [-0.1, -0.05) is 11.2 Å². The number of morpholine rings is 1. The molecule has 0 saturated carbocycles. The Morgan fingerprint density at radius 3 is 2.88 bits per heavy atom. The first-order valence-corrected chi connectivity index (χ1v) is 8.24. The number of aryl methyl sites for hydroxylation is 2. The first kappa shape index (κ1) is 17.9. The molecule has 0 spiro atoms. The summed E-state index contributed by atoms with van der Waals surface area (Å²) >= 11 is 0. The van der Waals surface area contributed by atoms with Crippen molar-refractivity contribution in [2.24, 2.45) is 0 Å². The highest BCUT2D eigenvalue weighted by molar-refractivity contribution is 5.95. The van der Waals surface area contributed by atoms with Crippen molar-refractivity contribution in [3.05, 3.63) is 46.8 Å². The van der Waals surface area contributed by atoms with Crippen molar-refractivity contribution in [2.75, 3.05) is 19.7 Å². The van der Waals surface area contributed by atoms with Gasteiger partial charge in [0.1, 0.15) is 18.1 Å². The number of amides is 1. The number of hydrogen-bond donors (Lipinski definition) is 1. The third kappa shape index (κ3) is 3.85. The minimum Gasteiger partial charge on any atom is -0.489 e. The van der Waals surface area contributed by atoms with Crippen LogP contribution in [-0.4, -0.2) is 52.8 Å². The highest BCUT2D eigenvalue weighted by Crippen LogP contribution is 2.20. The molecule has 1 aliphatic heterocycles. The third-order valence-electron chi connectivity index (χ3n) is 4.27. The summed E-state index contributed by atoms with van der Waals surface area (Å²) in [5, 5.41) is 12.9. The van der Waals surface area contributed by atoms with Gasteiger partial charge >= 0.3 is 5.97 Å². The molecule has 1 aromatic carbocycles. The normalized spacial score (nSPS) is 17.2. The molecule has 8 nitrogen and oxygen atoms in total. The van der Waals surface area contributed by atoms with E-state index in [-0.39, 0.29) is 25.7 Å². The van der Waals surface area contributed by atoms with E-state index in [4.69, 9.17) is 19.1 Å². The van der Waals surface area contributed by atoms with Crippen LogP contribution in [-0.2, 0) is 16.1 Å². The molecule has 1 atom stereocenters. The zero-order valence-electron chi connectivity index (χ0n) is 14.6. The van der Waals surface area contributed by atoms with Crippen LogP contribution in [0.15, 0.2) is 28.8 Å². The van der Waals surface area contributed by atoms with E-state index in [2.05, 4.69) is 5.16 Å². The minimum atomic E-state index is -1.07. The van der Waals surface area contributed by atoms with Crippen LogP contribution in [0, 0.1) is 13.8 Å². The Bertz CT molecular complexity index is 796. The van der Waals surface area contributed by atoms with Crippen molar-refractivity contribution in [2.45, 2.75) is 26.6 Å².